The summed E-state index contributed by atoms with van der Waals surface area (Å²) < 4.78 is 0. The summed E-state index contributed by atoms with van der Waals surface area (Å²) in [5.74, 6) is 0.528. The van der Waals surface area contributed by atoms with E-state index in [1.165, 1.54) is 12.8 Å². The summed E-state index contributed by atoms with van der Waals surface area (Å²) in [6.07, 6.45) is 4.52. The third-order valence-electron chi connectivity index (χ3n) is 3.41. The van der Waals surface area contributed by atoms with Crippen LogP contribution in [0.15, 0.2) is 0 Å². The van der Waals surface area contributed by atoms with Crippen molar-refractivity contribution >= 4 is 5.78 Å². The standard InChI is InChI=1S/C12H22O2/c1-9(13)11(14)8-10-4-6-12(2,3)7-5-10/h9-10,13H,4-8H2,1-3H3. The Morgan fingerprint density at radius 3 is 2.36 bits per heavy atom. The smallest absolute Gasteiger partial charge is 0.161 e. The van der Waals surface area contributed by atoms with Crippen molar-refractivity contribution in [3.8, 4) is 0 Å². The Morgan fingerprint density at radius 2 is 1.93 bits per heavy atom. The van der Waals surface area contributed by atoms with Crippen LogP contribution in [0.2, 0.25) is 0 Å². The number of hydrogen-bond donors (Lipinski definition) is 1. The van der Waals surface area contributed by atoms with E-state index in [4.69, 9.17) is 5.11 Å². The van der Waals surface area contributed by atoms with Crippen molar-refractivity contribution in [2.75, 3.05) is 0 Å². The first-order chi connectivity index (χ1) is 6.41. The van der Waals surface area contributed by atoms with Crippen LogP contribution >= 0.6 is 0 Å². The molecule has 1 atom stereocenters. The summed E-state index contributed by atoms with van der Waals surface area (Å²) in [4.78, 5) is 11.3. The first-order valence-corrected chi connectivity index (χ1v) is 5.61. The Balaban J connectivity index is 2.33. The number of carbonyl (C=O) groups excluding carboxylic acids is 1. The SMILES string of the molecule is CC(O)C(=O)CC1CCC(C)(C)CC1. The molecule has 0 aromatic heterocycles. The van der Waals surface area contributed by atoms with Crippen molar-refractivity contribution in [3.05, 3.63) is 0 Å². The zero-order valence-corrected chi connectivity index (χ0v) is 9.55. The van der Waals surface area contributed by atoms with Gasteiger partial charge in [0.05, 0.1) is 0 Å². The average Bonchev–Trinajstić information content (AvgIpc) is 2.08. The molecule has 0 saturated heterocycles. The van der Waals surface area contributed by atoms with E-state index >= 15 is 0 Å². The van der Waals surface area contributed by atoms with Gasteiger partial charge in [-0.25, -0.2) is 0 Å². The van der Waals surface area contributed by atoms with Crippen molar-refractivity contribution < 1.29 is 9.90 Å². The fraction of sp³-hybridized carbons (Fsp3) is 0.917. The molecule has 82 valence electrons. The van der Waals surface area contributed by atoms with Gasteiger partial charge in [-0.2, -0.15) is 0 Å². The highest BCUT2D eigenvalue weighted by molar-refractivity contribution is 5.82. The monoisotopic (exact) mass is 198 g/mol. The largest absolute Gasteiger partial charge is 0.386 e. The van der Waals surface area contributed by atoms with Gasteiger partial charge in [0, 0.05) is 6.42 Å². The summed E-state index contributed by atoms with van der Waals surface area (Å²) in [6.45, 7) is 6.15. The molecule has 1 rings (SSSR count). The molecular formula is C12H22O2. The van der Waals surface area contributed by atoms with Crippen LogP contribution in [0.25, 0.3) is 0 Å². The van der Waals surface area contributed by atoms with Crippen molar-refractivity contribution in [1.29, 1.82) is 0 Å². The van der Waals surface area contributed by atoms with E-state index in [0.717, 1.165) is 12.8 Å². The Kier molecular flexibility index (Phi) is 3.71. The molecule has 1 aliphatic carbocycles. The van der Waals surface area contributed by atoms with Crippen LogP contribution < -0.4 is 0 Å². The molecule has 1 fully saturated rings. The molecule has 0 bridgehead atoms. The molecule has 2 heteroatoms. The molecule has 0 radical (unpaired) electrons. The lowest BCUT2D eigenvalue weighted by Gasteiger charge is -2.34. The van der Waals surface area contributed by atoms with Crippen molar-refractivity contribution in [1.82, 2.24) is 0 Å². The minimum atomic E-state index is -0.773. The van der Waals surface area contributed by atoms with Crippen molar-refractivity contribution in [2.24, 2.45) is 11.3 Å². The van der Waals surface area contributed by atoms with Gasteiger partial charge in [-0.3, -0.25) is 4.79 Å². The second kappa shape index (κ2) is 4.43. The molecule has 0 amide bonds. The molecule has 1 saturated carbocycles. The molecule has 1 unspecified atom stereocenters. The first kappa shape index (κ1) is 11.7. The van der Waals surface area contributed by atoms with Gasteiger partial charge in [0.25, 0.3) is 0 Å². The summed E-state index contributed by atoms with van der Waals surface area (Å²) in [6, 6.07) is 0. The van der Waals surface area contributed by atoms with Gasteiger partial charge in [0.15, 0.2) is 5.78 Å². The van der Waals surface area contributed by atoms with E-state index in [1.807, 2.05) is 0 Å². The summed E-state index contributed by atoms with van der Waals surface area (Å²) in [5, 5.41) is 9.10. The van der Waals surface area contributed by atoms with Gasteiger partial charge in [0.2, 0.25) is 0 Å². The number of Topliss-reactive ketones (excluding diaryl/α,β-unsaturated/α-hetero) is 1. The summed E-state index contributed by atoms with van der Waals surface area (Å²) in [7, 11) is 0. The molecule has 0 spiro atoms. The summed E-state index contributed by atoms with van der Waals surface area (Å²) in [5.41, 5.74) is 0.463. The predicted octanol–water partition coefficient (Wildman–Crippen LogP) is 2.54. The van der Waals surface area contributed by atoms with E-state index in [1.54, 1.807) is 6.92 Å². The predicted molar refractivity (Wildman–Crippen MR) is 57.0 cm³/mol. The molecular weight excluding hydrogens is 176 g/mol. The van der Waals surface area contributed by atoms with E-state index in [0.29, 0.717) is 17.8 Å². The van der Waals surface area contributed by atoms with Crippen LogP contribution in [0.3, 0.4) is 0 Å². The molecule has 1 aliphatic rings. The minimum absolute atomic E-state index is 0.00899. The number of ketones is 1. The second-order valence-electron chi connectivity index (χ2n) is 5.45. The highest BCUT2D eigenvalue weighted by atomic mass is 16.3. The van der Waals surface area contributed by atoms with Gasteiger partial charge in [0.1, 0.15) is 6.10 Å². The van der Waals surface area contributed by atoms with Gasteiger partial charge < -0.3 is 5.11 Å². The highest BCUT2D eigenvalue weighted by Crippen LogP contribution is 2.39. The van der Waals surface area contributed by atoms with Crippen LogP contribution in [-0.2, 0) is 4.79 Å². The fourth-order valence-corrected chi connectivity index (χ4v) is 2.12. The number of aliphatic hydroxyl groups excluding tert-OH is 1. The maximum atomic E-state index is 11.3. The number of hydrogen-bond acceptors (Lipinski definition) is 2. The molecule has 14 heavy (non-hydrogen) atoms. The lowest BCUT2D eigenvalue weighted by atomic mass is 9.72. The third-order valence-corrected chi connectivity index (χ3v) is 3.41. The molecule has 1 N–H and O–H groups in total. The second-order valence-corrected chi connectivity index (χ2v) is 5.45. The van der Waals surface area contributed by atoms with Crippen LogP contribution in [0, 0.1) is 11.3 Å². The van der Waals surface area contributed by atoms with Crippen LogP contribution in [-0.4, -0.2) is 17.0 Å². The Morgan fingerprint density at radius 1 is 1.43 bits per heavy atom. The van der Waals surface area contributed by atoms with Crippen molar-refractivity contribution in [3.63, 3.8) is 0 Å². The van der Waals surface area contributed by atoms with Crippen LogP contribution in [0.1, 0.15) is 52.9 Å². The van der Waals surface area contributed by atoms with Crippen LogP contribution in [0.5, 0.6) is 0 Å². The van der Waals surface area contributed by atoms with Gasteiger partial charge >= 0.3 is 0 Å². The first-order valence-electron chi connectivity index (χ1n) is 5.61. The quantitative estimate of drug-likeness (QED) is 0.756. The molecule has 2 nitrogen and oxygen atoms in total. The third kappa shape index (κ3) is 3.41. The maximum Gasteiger partial charge on any atom is 0.161 e. The molecule has 0 aromatic carbocycles. The summed E-state index contributed by atoms with van der Waals surface area (Å²) >= 11 is 0. The Labute approximate surface area is 86.7 Å². The lowest BCUT2D eigenvalue weighted by Crippen LogP contribution is -2.25. The van der Waals surface area contributed by atoms with Gasteiger partial charge in [-0.1, -0.05) is 13.8 Å². The van der Waals surface area contributed by atoms with E-state index < -0.39 is 6.10 Å². The Bertz CT molecular complexity index is 196. The zero-order chi connectivity index (χ0) is 10.8. The number of carbonyl (C=O) groups is 1. The molecule has 0 aromatic rings. The minimum Gasteiger partial charge on any atom is -0.386 e. The highest BCUT2D eigenvalue weighted by Gasteiger charge is 2.28. The van der Waals surface area contributed by atoms with Crippen molar-refractivity contribution in [2.45, 2.75) is 59.0 Å². The molecule has 0 aliphatic heterocycles. The molecule has 0 heterocycles. The topological polar surface area (TPSA) is 37.3 Å². The number of aliphatic hydroxyl groups is 1. The van der Waals surface area contributed by atoms with Crippen LogP contribution in [0.4, 0.5) is 0 Å². The van der Waals surface area contributed by atoms with E-state index in [2.05, 4.69) is 13.8 Å². The Hall–Kier alpha value is -0.370. The normalized spacial score (nSPS) is 24.6. The van der Waals surface area contributed by atoms with E-state index in [-0.39, 0.29) is 5.78 Å². The zero-order valence-electron chi connectivity index (χ0n) is 9.55. The maximum absolute atomic E-state index is 11.3. The van der Waals surface area contributed by atoms with E-state index in [9.17, 15) is 4.79 Å². The lowest BCUT2D eigenvalue weighted by molar-refractivity contribution is -0.127. The average molecular weight is 198 g/mol. The number of rotatable bonds is 3. The fourth-order valence-electron chi connectivity index (χ4n) is 2.12. The van der Waals surface area contributed by atoms with Gasteiger partial charge in [-0.15, -0.1) is 0 Å². The van der Waals surface area contributed by atoms with Gasteiger partial charge in [-0.05, 0) is 43.9 Å².